The SMILES string of the molecule is CC(C)(C)C1=NN(c2ccccc2)C(=O)C1C1C(=O)N(c2ccccc2)N=C1C(C)(C)C. The fourth-order valence-corrected chi connectivity index (χ4v) is 4.28. The van der Waals surface area contributed by atoms with Gasteiger partial charge in [0.1, 0.15) is 0 Å². The summed E-state index contributed by atoms with van der Waals surface area (Å²) in [5, 5.41) is 12.4. The number of benzene rings is 2. The van der Waals surface area contributed by atoms with Crippen LogP contribution in [0.4, 0.5) is 11.4 Å². The molecular weight excluding hydrogens is 400 g/mol. The molecule has 0 bridgehead atoms. The van der Waals surface area contributed by atoms with Gasteiger partial charge in [-0.1, -0.05) is 77.9 Å². The third-order valence-electron chi connectivity index (χ3n) is 5.83. The number of nitrogens with zero attached hydrogens (tertiary/aromatic N) is 4. The lowest BCUT2D eigenvalue weighted by atomic mass is 9.70. The zero-order chi connectivity index (χ0) is 23.3. The summed E-state index contributed by atoms with van der Waals surface area (Å²) >= 11 is 0. The fraction of sp³-hybridized carbons (Fsp3) is 0.385. The monoisotopic (exact) mass is 430 g/mol. The van der Waals surface area contributed by atoms with Crippen LogP contribution >= 0.6 is 0 Å². The average Bonchev–Trinajstić information content (AvgIpc) is 3.26. The van der Waals surface area contributed by atoms with E-state index >= 15 is 0 Å². The number of rotatable bonds is 3. The minimum absolute atomic E-state index is 0.189. The van der Waals surface area contributed by atoms with Crippen molar-refractivity contribution in [3.8, 4) is 0 Å². The maximum Gasteiger partial charge on any atom is 0.257 e. The van der Waals surface area contributed by atoms with E-state index in [0.29, 0.717) is 22.8 Å². The number of anilines is 2. The molecule has 0 aliphatic carbocycles. The lowest BCUT2D eigenvalue weighted by molar-refractivity contribution is -0.126. The van der Waals surface area contributed by atoms with Crippen molar-refractivity contribution in [1.29, 1.82) is 0 Å². The van der Waals surface area contributed by atoms with Gasteiger partial charge >= 0.3 is 0 Å². The summed E-state index contributed by atoms with van der Waals surface area (Å²) in [6, 6.07) is 18.7. The van der Waals surface area contributed by atoms with Gasteiger partial charge in [0.25, 0.3) is 11.8 Å². The van der Waals surface area contributed by atoms with Gasteiger partial charge in [-0.2, -0.15) is 10.2 Å². The van der Waals surface area contributed by atoms with Gasteiger partial charge in [-0.25, -0.2) is 10.0 Å². The van der Waals surface area contributed by atoms with Crippen molar-refractivity contribution in [2.24, 2.45) is 32.9 Å². The molecule has 0 spiro atoms. The fourth-order valence-electron chi connectivity index (χ4n) is 4.28. The molecular formula is C26H30N4O2. The Morgan fingerprint density at radius 1 is 0.594 bits per heavy atom. The number of hydrogen-bond donors (Lipinski definition) is 0. The molecule has 2 unspecified atom stereocenters. The second kappa shape index (κ2) is 7.69. The minimum Gasteiger partial charge on any atom is -0.272 e. The zero-order valence-electron chi connectivity index (χ0n) is 19.5. The molecule has 2 atom stereocenters. The van der Waals surface area contributed by atoms with E-state index in [9.17, 15) is 9.59 Å². The van der Waals surface area contributed by atoms with Crippen LogP contribution in [0.15, 0.2) is 70.9 Å². The number of carbonyl (C=O) groups excluding carboxylic acids is 2. The van der Waals surface area contributed by atoms with E-state index in [1.54, 1.807) is 0 Å². The smallest absolute Gasteiger partial charge is 0.257 e. The summed E-state index contributed by atoms with van der Waals surface area (Å²) in [6.07, 6.45) is 0. The third kappa shape index (κ3) is 3.74. The molecule has 0 saturated carbocycles. The second-order valence-electron chi connectivity index (χ2n) is 10.4. The standard InChI is InChI=1S/C26H30N4O2/c1-25(2,3)21-19(23(31)29(27-21)17-13-9-7-10-14-17)20-22(26(4,5)6)28-30(24(20)32)18-15-11-8-12-16-18/h7-16,19-20H,1-6H3. The number of hydrazone groups is 2. The third-order valence-corrected chi connectivity index (χ3v) is 5.83. The lowest BCUT2D eigenvalue weighted by Gasteiger charge is -2.29. The van der Waals surface area contributed by atoms with Gasteiger partial charge in [0, 0.05) is 10.8 Å². The van der Waals surface area contributed by atoms with Crippen molar-refractivity contribution in [3.63, 3.8) is 0 Å². The molecule has 2 aromatic carbocycles. The van der Waals surface area contributed by atoms with Crippen LogP contribution in [0.1, 0.15) is 41.5 Å². The molecule has 2 amide bonds. The van der Waals surface area contributed by atoms with Crippen molar-refractivity contribution in [2.75, 3.05) is 10.0 Å². The van der Waals surface area contributed by atoms with Crippen LogP contribution in [0, 0.1) is 22.7 Å². The summed E-state index contributed by atoms with van der Waals surface area (Å²) in [7, 11) is 0. The highest BCUT2D eigenvalue weighted by molar-refractivity contribution is 6.27. The Balaban J connectivity index is 1.82. The highest BCUT2D eigenvalue weighted by Gasteiger charge is 2.55. The van der Waals surface area contributed by atoms with Crippen LogP contribution in [0.5, 0.6) is 0 Å². The van der Waals surface area contributed by atoms with Crippen LogP contribution < -0.4 is 10.0 Å². The van der Waals surface area contributed by atoms with E-state index in [1.165, 1.54) is 10.0 Å². The van der Waals surface area contributed by atoms with Crippen LogP contribution in [-0.4, -0.2) is 23.2 Å². The van der Waals surface area contributed by atoms with E-state index < -0.39 is 22.7 Å². The molecule has 2 heterocycles. The van der Waals surface area contributed by atoms with Gasteiger partial charge in [-0.3, -0.25) is 9.59 Å². The quantitative estimate of drug-likeness (QED) is 0.679. The number of amides is 2. The Morgan fingerprint density at radius 2 is 0.906 bits per heavy atom. The van der Waals surface area contributed by atoms with Crippen molar-refractivity contribution in [2.45, 2.75) is 41.5 Å². The number of para-hydroxylation sites is 2. The van der Waals surface area contributed by atoms with Crippen molar-refractivity contribution >= 4 is 34.6 Å². The molecule has 2 aliphatic heterocycles. The summed E-state index contributed by atoms with van der Waals surface area (Å²) in [5.74, 6) is -1.78. The first-order valence-corrected chi connectivity index (χ1v) is 11.0. The van der Waals surface area contributed by atoms with Crippen LogP contribution in [0.3, 0.4) is 0 Å². The van der Waals surface area contributed by atoms with Gasteiger partial charge in [0.05, 0.1) is 34.6 Å². The van der Waals surface area contributed by atoms with E-state index in [1.807, 2.05) is 102 Å². The molecule has 6 nitrogen and oxygen atoms in total. The maximum atomic E-state index is 13.8. The van der Waals surface area contributed by atoms with E-state index in [0.717, 1.165) is 0 Å². The first kappa shape index (κ1) is 21.9. The Hall–Kier alpha value is -3.28. The highest BCUT2D eigenvalue weighted by Crippen LogP contribution is 2.42. The predicted octanol–water partition coefficient (Wildman–Crippen LogP) is 5.12. The van der Waals surface area contributed by atoms with Crippen molar-refractivity contribution in [3.05, 3.63) is 60.7 Å². The second-order valence-corrected chi connectivity index (χ2v) is 10.4. The minimum atomic E-state index is -0.700. The van der Waals surface area contributed by atoms with Crippen molar-refractivity contribution in [1.82, 2.24) is 0 Å². The molecule has 4 rings (SSSR count). The molecule has 0 saturated heterocycles. The van der Waals surface area contributed by atoms with Crippen LogP contribution in [-0.2, 0) is 9.59 Å². The molecule has 32 heavy (non-hydrogen) atoms. The summed E-state index contributed by atoms with van der Waals surface area (Å²) in [5.41, 5.74) is 2.01. The molecule has 6 heteroatoms. The Bertz CT molecular complexity index is 1000. The highest BCUT2D eigenvalue weighted by atomic mass is 16.2. The van der Waals surface area contributed by atoms with Gasteiger partial charge < -0.3 is 0 Å². The average molecular weight is 431 g/mol. The van der Waals surface area contributed by atoms with Crippen LogP contribution in [0.2, 0.25) is 0 Å². The molecule has 166 valence electrons. The molecule has 0 radical (unpaired) electrons. The largest absolute Gasteiger partial charge is 0.272 e. The van der Waals surface area contributed by atoms with Gasteiger partial charge in [-0.05, 0) is 24.3 Å². The van der Waals surface area contributed by atoms with Gasteiger partial charge in [0.15, 0.2) is 0 Å². The molecule has 0 aromatic heterocycles. The zero-order valence-corrected chi connectivity index (χ0v) is 19.5. The van der Waals surface area contributed by atoms with E-state index in [4.69, 9.17) is 10.2 Å². The Morgan fingerprint density at radius 3 is 1.19 bits per heavy atom. The van der Waals surface area contributed by atoms with Gasteiger partial charge in [0.2, 0.25) is 0 Å². The first-order chi connectivity index (χ1) is 15.0. The molecule has 0 N–H and O–H groups in total. The van der Waals surface area contributed by atoms with Gasteiger partial charge in [-0.15, -0.1) is 0 Å². The first-order valence-electron chi connectivity index (χ1n) is 11.0. The Labute approximate surface area is 189 Å². The van der Waals surface area contributed by atoms with Crippen molar-refractivity contribution < 1.29 is 9.59 Å². The molecule has 2 aliphatic rings. The topological polar surface area (TPSA) is 65.3 Å². The lowest BCUT2D eigenvalue weighted by Crippen LogP contribution is -2.46. The van der Waals surface area contributed by atoms with E-state index in [2.05, 4.69) is 0 Å². The number of hydrogen-bond acceptors (Lipinski definition) is 4. The maximum absolute atomic E-state index is 13.8. The molecule has 0 fully saturated rings. The van der Waals surface area contributed by atoms with E-state index in [-0.39, 0.29) is 11.8 Å². The summed E-state index contributed by atoms with van der Waals surface area (Å²) < 4.78 is 0. The Kier molecular flexibility index (Phi) is 5.27. The van der Waals surface area contributed by atoms with Crippen LogP contribution in [0.25, 0.3) is 0 Å². The molecule has 2 aromatic rings. The normalized spacial score (nSPS) is 21.8. The summed E-state index contributed by atoms with van der Waals surface area (Å²) in [4.78, 5) is 27.6. The summed E-state index contributed by atoms with van der Waals surface area (Å²) in [6.45, 7) is 12.2. The number of carbonyl (C=O) groups is 2. The predicted molar refractivity (Wildman–Crippen MR) is 129 cm³/mol.